The van der Waals surface area contributed by atoms with Crippen molar-refractivity contribution in [1.29, 1.82) is 0 Å². The van der Waals surface area contributed by atoms with Gasteiger partial charge < -0.3 is 5.32 Å². The van der Waals surface area contributed by atoms with E-state index in [-0.39, 0.29) is 11.7 Å². The maximum absolute atomic E-state index is 13.6. The second kappa shape index (κ2) is 9.04. The summed E-state index contributed by atoms with van der Waals surface area (Å²) < 4.78 is 15.2. The smallest absolute Gasteiger partial charge is 0.256 e. The third-order valence-corrected chi connectivity index (χ3v) is 6.96. The molecule has 1 N–H and O–H groups in total. The molecule has 1 aliphatic carbocycles. The van der Waals surface area contributed by atoms with Gasteiger partial charge in [-0.25, -0.2) is 14.1 Å². The number of nitrogens with zero attached hydrogens (tertiary/aromatic N) is 3. The van der Waals surface area contributed by atoms with Crippen molar-refractivity contribution in [2.75, 3.05) is 5.32 Å². The first-order valence-electron chi connectivity index (χ1n) is 12.2. The number of para-hydroxylation sites is 1. The number of rotatable bonds is 4. The molecule has 3 aromatic carbocycles. The Morgan fingerprint density at radius 2 is 1.78 bits per heavy atom. The van der Waals surface area contributed by atoms with Gasteiger partial charge in [-0.05, 0) is 86.2 Å². The van der Waals surface area contributed by atoms with Gasteiger partial charge in [-0.3, -0.25) is 4.79 Å². The molecule has 0 atom stereocenters. The SMILES string of the molecule is Cc1c(-c2cc(C(=O)Nc3cccc4c3CCCC4)c3ccccc3n2)cnn1-c1ccc(F)cc1. The number of amides is 1. The molecule has 5 nitrogen and oxygen atoms in total. The molecule has 0 spiro atoms. The van der Waals surface area contributed by atoms with Gasteiger partial charge in [0.25, 0.3) is 5.91 Å². The van der Waals surface area contributed by atoms with Crippen LogP contribution in [-0.4, -0.2) is 20.7 Å². The van der Waals surface area contributed by atoms with Crippen LogP contribution in [0.25, 0.3) is 27.8 Å². The number of carbonyl (C=O) groups excluding carboxylic acids is 1. The Labute approximate surface area is 208 Å². The second-order valence-corrected chi connectivity index (χ2v) is 9.21. The predicted molar refractivity (Wildman–Crippen MR) is 140 cm³/mol. The fourth-order valence-corrected chi connectivity index (χ4v) is 5.09. The molecular weight excluding hydrogens is 451 g/mol. The molecule has 0 saturated carbocycles. The fourth-order valence-electron chi connectivity index (χ4n) is 5.09. The summed E-state index contributed by atoms with van der Waals surface area (Å²) in [5, 5.41) is 8.50. The van der Waals surface area contributed by atoms with E-state index in [0.717, 1.165) is 52.8 Å². The molecular formula is C30H25FN4O. The number of fused-ring (bicyclic) bond motifs is 2. The van der Waals surface area contributed by atoms with E-state index in [9.17, 15) is 9.18 Å². The normalized spacial score (nSPS) is 12.9. The first kappa shape index (κ1) is 22.2. The largest absolute Gasteiger partial charge is 0.322 e. The third kappa shape index (κ3) is 3.94. The molecule has 1 aliphatic rings. The molecule has 0 bridgehead atoms. The Morgan fingerprint density at radius 3 is 2.64 bits per heavy atom. The average Bonchev–Trinajstić information content (AvgIpc) is 3.29. The van der Waals surface area contributed by atoms with Gasteiger partial charge >= 0.3 is 0 Å². The summed E-state index contributed by atoms with van der Waals surface area (Å²) in [6.07, 6.45) is 6.10. The van der Waals surface area contributed by atoms with Crippen LogP contribution in [0.5, 0.6) is 0 Å². The zero-order chi connectivity index (χ0) is 24.6. The number of aromatic nitrogens is 3. The zero-order valence-electron chi connectivity index (χ0n) is 20.0. The van der Waals surface area contributed by atoms with Gasteiger partial charge in [-0.15, -0.1) is 0 Å². The first-order valence-corrected chi connectivity index (χ1v) is 12.2. The lowest BCUT2D eigenvalue weighted by Gasteiger charge is -2.20. The van der Waals surface area contributed by atoms with E-state index in [0.29, 0.717) is 11.3 Å². The third-order valence-electron chi connectivity index (χ3n) is 6.96. The van der Waals surface area contributed by atoms with Crippen LogP contribution >= 0.6 is 0 Å². The maximum atomic E-state index is 13.6. The van der Waals surface area contributed by atoms with Crippen LogP contribution in [0.2, 0.25) is 0 Å². The van der Waals surface area contributed by atoms with Gasteiger partial charge in [-0.2, -0.15) is 5.10 Å². The lowest BCUT2D eigenvalue weighted by atomic mass is 9.90. The molecule has 0 aliphatic heterocycles. The highest BCUT2D eigenvalue weighted by Crippen LogP contribution is 2.31. The van der Waals surface area contributed by atoms with Gasteiger partial charge in [0.1, 0.15) is 5.82 Å². The Morgan fingerprint density at radius 1 is 0.972 bits per heavy atom. The number of hydrogen-bond donors (Lipinski definition) is 1. The molecule has 6 rings (SSSR count). The Balaban J connectivity index is 1.42. The zero-order valence-corrected chi connectivity index (χ0v) is 20.0. The van der Waals surface area contributed by atoms with Crippen molar-refractivity contribution in [3.05, 3.63) is 107 Å². The van der Waals surface area contributed by atoms with E-state index in [1.165, 1.54) is 29.7 Å². The predicted octanol–water partition coefficient (Wildman–Crippen LogP) is 6.67. The van der Waals surface area contributed by atoms with Crippen molar-refractivity contribution >= 4 is 22.5 Å². The topological polar surface area (TPSA) is 59.8 Å². The standard InChI is InChI=1S/C30H25FN4O/c1-19-26(18-32-35(19)22-15-13-21(31)14-16-22)29-17-25(24-10-4-5-11-28(24)33-29)30(36)34-27-12-6-8-20-7-2-3-9-23(20)27/h4-6,8,10-18H,2-3,7,9H2,1H3,(H,34,36). The fraction of sp³-hybridized carbons (Fsp3) is 0.167. The van der Waals surface area contributed by atoms with Crippen molar-refractivity contribution in [1.82, 2.24) is 14.8 Å². The highest BCUT2D eigenvalue weighted by molar-refractivity contribution is 6.13. The number of anilines is 1. The summed E-state index contributed by atoms with van der Waals surface area (Å²) in [6, 6.07) is 21.9. The van der Waals surface area contributed by atoms with Crippen molar-refractivity contribution < 1.29 is 9.18 Å². The number of benzene rings is 3. The maximum Gasteiger partial charge on any atom is 0.256 e. The van der Waals surface area contributed by atoms with E-state index in [2.05, 4.69) is 16.5 Å². The molecule has 5 aromatic rings. The quantitative estimate of drug-likeness (QED) is 0.315. The highest BCUT2D eigenvalue weighted by Gasteiger charge is 2.19. The molecule has 2 aromatic heterocycles. The van der Waals surface area contributed by atoms with Crippen molar-refractivity contribution in [3.63, 3.8) is 0 Å². The van der Waals surface area contributed by atoms with Crippen molar-refractivity contribution in [2.45, 2.75) is 32.6 Å². The van der Waals surface area contributed by atoms with Gasteiger partial charge in [-0.1, -0.05) is 30.3 Å². The van der Waals surface area contributed by atoms with Gasteiger partial charge in [0.05, 0.1) is 34.4 Å². The van der Waals surface area contributed by atoms with Crippen molar-refractivity contribution in [3.8, 4) is 16.9 Å². The Kier molecular flexibility index (Phi) is 5.56. The van der Waals surface area contributed by atoms with Crippen LogP contribution in [0.1, 0.15) is 40.0 Å². The molecule has 2 heterocycles. The van der Waals surface area contributed by atoms with Crippen LogP contribution in [-0.2, 0) is 12.8 Å². The first-order chi connectivity index (χ1) is 17.6. The average molecular weight is 477 g/mol. The molecule has 0 unspecified atom stereocenters. The molecule has 178 valence electrons. The number of carbonyl (C=O) groups is 1. The summed E-state index contributed by atoms with van der Waals surface area (Å²) in [5.41, 5.74) is 7.86. The summed E-state index contributed by atoms with van der Waals surface area (Å²) in [7, 11) is 0. The van der Waals surface area contributed by atoms with Crippen LogP contribution in [0.3, 0.4) is 0 Å². The van der Waals surface area contributed by atoms with Crippen LogP contribution in [0, 0.1) is 12.7 Å². The van der Waals surface area contributed by atoms with Crippen molar-refractivity contribution in [2.24, 2.45) is 0 Å². The number of hydrogen-bond acceptors (Lipinski definition) is 3. The van der Waals surface area contributed by atoms with E-state index in [1.807, 2.05) is 49.4 Å². The number of nitrogens with one attached hydrogen (secondary N) is 1. The van der Waals surface area contributed by atoms with Crippen LogP contribution < -0.4 is 5.32 Å². The van der Waals surface area contributed by atoms with E-state index >= 15 is 0 Å². The molecule has 0 fully saturated rings. The summed E-state index contributed by atoms with van der Waals surface area (Å²) >= 11 is 0. The van der Waals surface area contributed by atoms with Gasteiger partial charge in [0, 0.05) is 16.6 Å². The van der Waals surface area contributed by atoms with Gasteiger partial charge in [0.15, 0.2) is 0 Å². The van der Waals surface area contributed by atoms with E-state index in [4.69, 9.17) is 4.98 Å². The van der Waals surface area contributed by atoms with E-state index < -0.39 is 0 Å². The number of pyridine rings is 1. The van der Waals surface area contributed by atoms with E-state index in [1.54, 1.807) is 23.0 Å². The Hall–Kier alpha value is -4.32. The minimum Gasteiger partial charge on any atom is -0.322 e. The lowest BCUT2D eigenvalue weighted by Crippen LogP contribution is -2.16. The lowest BCUT2D eigenvalue weighted by molar-refractivity contribution is 0.102. The molecule has 0 radical (unpaired) electrons. The summed E-state index contributed by atoms with van der Waals surface area (Å²) in [6.45, 7) is 1.94. The summed E-state index contributed by atoms with van der Waals surface area (Å²) in [5.74, 6) is -0.451. The van der Waals surface area contributed by atoms with Crippen LogP contribution in [0.15, 0.2) is 79.0 Å². The monoisotopic (exact) mass is 476 g/mol. The minimum atomic E-state index is -0.296. The Bertz CT molecular complexity index is 1600. The minimum absolute atomic E-state index is 0.155. The highest BCUT2D eigenvalue weighted by atomic mass is 19.1. The molecule has 0 saturated heterocycles. The molecule has 1 amide bonds. The van der Waals surface area contributed by atoms with Crippen LogP contribution in [0.4, 0.5) is 10.1 Å². The summed E-state index contributed by atoms with van der Waals surface area (Å²) in [4.78, 5) is 18.5. The molecule has 36 heavy (non-hydrogen) atoms. The number of aryl methyl sites for hydroxylation is 1. The molecule has 6 heteroatoms. The second-order valence-electron chi connectivity index (χ2n) is 9.21. The van der Waals surface area contributed by atoms with Gasteiger partial charge in [0.2, 0.25) is 0 Å². The number of halogens is 1.